The summed E-state index contributed by atoms with van der Waals surface area (Å²) in [5, 5.41) is 2.26. The highest BCUT2D eigenvalue weighted by Gasteiger charge is 2.43. The number of para-hydroxylation sites is 1. The summed E-state index contributed by atoms with van der Waals surface area (Å²) in [5.41, 5.74) is 0.651. The van der Waals surface area contributed by atoms with Crippen LogP contribution >= 0.6 is 11.8 Å². The van der Waals surface area contributed by atoms with Crippen LogP contribution in [0, 0.1) is 0 Å². The summed E-state index contributed by atoms with van der Waals surface area (Å²) in [6, 6.07) is 16.9. The number of thioether (sulfide) groups is 1. The van der Waals surface area contributed by atoms with E-state index in [0.717, 1.165) is 43.9 Å². The van der Waals surface area contributed by atoms with Gasteiger partial charge < -0.3 is 5.32 Å². The van der Waals surface area contributed by atoms with Gasteiger partial charge in [0.2, 0.25) is 11.8 Å². The molecule has 2 aromatic rings. The molecule has 0 aromatic heterocycles. The first kappa shape index (κ1) is 22.5. The van der Waals surface area contributed by atoms with Gasteiger partial charge in [-0.25, -0.2) is 0 Å². The van der Waals surface area contributed by atoms with Crippen molar-refractivity contribution in [2.75, 3.05) is 5.32 Å². The second-order valence-electron chi connectivity index (χ2n) is 7.89. The fourth-order valence-electron chi connectivity index (χ4n) is 4.00. The summed E-state index contributed by atoms with van der Waals surface area (Å²) >= 11 is 1.07. The zero-order valence-corrected chi connectivity index (χ0v) is 19.1. The van der Waals surface area contributed by atoms with Crippen molar-refractivity contribution in [1.29, 1.82) is 0 Å². The normalized spacial score (nSPS) is 21.1. The van der Waals surface area contributed by atoms with Crippen LogP contribution in [0.15, 0.2) is 70.0 Å². The number of nitrogens with one attached hydrogen (secondary N) is 1. The minimum Gasteiger partial charge on any atom is -0.326 e. The minimum absolute atomic E-state index is 0.0496. The van der Waals surface area contributed by atoms with Gasteiger partial charge in [0.15, 0.2) is 5.17 Å². The number of amidine groups is 1. The number of rotatable bonds is 6. The minimum atomic E-state index is -3.97. The summed E-state index contributed by atoms with van der Waals surface area (Å²) in [7, 11) is -3.97. The van der Waals surface area contributed by atoms with Crippen molar-refractivity contribution < 1.29 is 18.0 Å². The molecule has 9 heteroatoms. The van der Waals surface area contributed by atoms with E-state index >= 15 is 0 Å². The summed E-state index contributed by atoms with van der Waals surface area (Å²) in [6.45, 7) is 0. The van der Waals surface area contributed by atoms with E-state index in [1.54, 1.807) is 30.3 Å². The molecule has 1 aliphatic carbocycles. The lowest BCUT2D eigenvalue weighted by Crippen LogP contribution is -2.42. The van der Waals surface area contributed by atoms with Gasteiger partial charge >= 0.3 is 0 Å². The molecule has 168 valence electrons. The molecule has 0 bridgehead atoms. The van der Waals surface area contributed by atoms with E-state index in [4.69, 9.17) is 0 Å². The van der Waals surface area contributed by atoms with Crippen LogP contribution < -0.4 is 5.32 Å². The van der Waals surface area contributed by atoms with E-state index in [-0.39, 0.29) is 34.3 Å². The van der Waals surface area contributed by atoms with Gasteiger partial charge in [0, 0.05) is 18.2 Å². The monoisotopic (exact) mass is 471 g/mol. The van der Waals surface area contributed by atoms with Crippen LogP contribution in [0.1, 0.15) is 38.5 Å². The maximum atomic E-state index is 13.3. The third-order valence-electron chi connectivity index (χ3n) is 5.57. The smallest absolute Gasteiger partial charge is 0.284 e. The number of amides is 2. The zero-order chi connectivity index (χ0) is 22.6. The molecule has 2 aromatic carbocycles. The van der Waals surface area contributed by atoms with Gasteiger partial charge in [0.25, 0.3) is 10.0 Å². The van der Waals surface area contributed by atoms with Crippen molar-refractivity contribution >= 4 is 44.5 Å². The molecule has 2 fully saturated rings. The predicted octanol–water partition coefficient (Wildman–Crippen LogP) is 4.04. The molecule has 4 rings (SSSR count). The van der Waals surface area contributed by atoms with Gasteiger partial charge in [-0.05, 0) is 37.1 Å². The molecule has 0 unspecified atom stereocenters. The first-order valence-electron chi connectivity index (χ1n) is 10.7. The van der Waals surface area contributed by atoms with Gasteiger partial charge in [-0.15, -0.1) is 4.40 Å². The molecule has 1 aliphatic heterocycles. The Hall–Kier alpha value is -2.65. The molecule has 1 saturated carbocycles. The van der Waals surface area contributed by atoms with Crippen molar-refractivity contribution in [3.05, 3.63) is 60.7 Å². The molecular weight excluding hydrogens is 446 g/mol. The van der Waals surface area contributed by atoms with E-state index < -0.39 is 15.3 Å². The second-order valence-corrected chi connectivity index (χ2v) is 10.7. The van der Waals surface area contributed by atoms with Crippen molar-refractivity contribution in [1.82, 2.24) is 4.90 Å². The number of hydrogen-bond donors (Lipinski definition) is 1. The Kier molecular flexibility index (Phi) is 6.95. The Morgan fingerprint density at radius 1 is 1.00 bits per heavy atom. The fourth-order valence-corrected chi connectivity index (χ4v) is 6.43. The molecule has 2 amide bonds. The van der Waals surface area contributed by atoms with Crippen molar-refractivity contribution in [3.8, 4) is 0 Å². The Morgan fingerprint density at radius 3 is 2.28 bits per heavy atom. The number of carbonyl (C=O) groups is 2. The highest BCUT2D eigenvalue weighted by molar-refractivity contribution is 8.16. The summed E-state index contributed by atoms with van der Waals surface area (Å²) < 4.78 is 29.8. The average Bonchev–Trinajstić information content (AvgIpc) is 3.09. The molecule has 7 nitrogen and oxygen atoms in total. The van der Waals surface area contributed by atoms with E-state index in [1.165, 1.54) is 17.0 Å². The highest BCUT2D eigenvalue weighted by Crippen LogP contribution is 2.36. The summed E-state index contributed by atoms with van der Waals surface area (Å²) in [6.07, 6.45) is 4.63. The van der Waals surface area contributed by atoms with Gasteiger partial charge in [0.05, 0.1) is 4.90 Å². The SMILES string of the molecule is O=C(C[C@H]1SC(=NS(=O)(=O)c2ccccc2)N(C2CCCCC2)C1=O)Nc1ccccc1. The number of hydrogen-bond acceptors (Lipinski definition) is 5. The number of benzene rings is 2. The number of carbonyl (C=O) groups excluding carboxylic acids is 2. The van der Waals surface area contributed by atoms with Crippen LogP contribution in [0.5, 0.6) is 0 Å². The van der Waals surface area contributed by atoms with Crippen molar-refractivity contribution in [2.24, 2.45) is 4.40 Å². The number of sulfonamides is 1. The largest absolute Gasteiger partial charge is 0.326 e. The third kappa shape index (κ3) is 5.21. The first-order chi connectivity index (χ1) is 15.4. The van der Waals surface area contributed by atoms with Gasteiger partial charge in [-0.3, -0.25) is 14.5 Å². The van der Waals surface area contributed by atoms with Crippen LogP contribution in [0.2, 0.25) is 0 Å². The molecule has 1 atom stereocenters. The third-order valence-corrected chi connectivity index (χ3v) is 8.12. The molecule has 1 N–H and O–H groups in total. The molecule has 0 spiro atoms. The zero-order valence-electron chi connectivity index (χ0n) is 17.5. The lowest BCUT2D eigenvalue weighted by Gasteiger charge is -2.30. The van der Waals surface area contributed by atoms with Crippen LogP contribution in [0.4, 0.5) is 5.69 Å². The van der Waals surface area contributed by atoms with Crippen molar-refractivity contribution in [3.63, 3.8) is 0 Å². The Balaban J connectivity index is 1.58. The Bertz CT molecular complexity index is 1100. The van der Waals surface area contributed by atoms with Gasteiger partial charge in [-0.2, -0.15) is 8.42 Å². The van der Waals surface area contributed by atoms with Crippen molar-refractivity contribution in [2.45, 2.75) is 54.7 Å². The summed E-state index contributed by atoms with van der Waals surface area (Å²) in [4.78, 5) is 27.4. The second kappa shape index (κ2) is 9.87. The molecule has 32 heavy (non-hydrogen) atoms. The molecule has 0 radical (unpaired) electrons. The lowest BCUT2D eigenvalue weighted by atomic mass is 9.94. The van der Waals surface area contributed by atoms with E-state index in [9.17, 15) is 18.0 Å². The van der Waals surface area contributed by atoms with Crippen LogP contribution in [0.3, 0.4) is 0 Å². The summed E-state index contributed by atoms with van der Waals surface area (Å²) in [5.74, 6) is -0.537. The van der Waals surface area contributed by atoms with Gasteiger partial charge in [-0.1, -0.05) is 67.4 Å². The van der Waals surface area contributed by atoms with Crippen LogP contribution in [0.25, 0.3) is 0 Å². The predicted molar refractivity (Wildman–Crippen MR) is 126 cm³/mol. The fraction of sp³-hybridized carbons (Fsp3) is 0.348. The van der Waals surface area contributed by atoms with E-state index in [1.807, 2.05) is 18.2 Å². The molecule has 2 aliphatic rings. The topological polar surface area (TPSA) is 95.9 Å². The maximum Gasteiger partial charge on any atom is 0.284 e. The molecule has 1 saturated heterocycles. The average molecular weight is 472 g/mol. The molecular formula is C23H25N3O4S2. The number of nitrogens with zero attached hydrogens (tertiary/aromatic N) is 2. The Morgan fingerprint density at radius 2 is 1.62 bits per heavy atom. The highest BCUT2D eigenvalue weighted by atomic mass is 32.2. The first-order valence-corrected chi connectivity index (χ1v) is 13.0. The van der Waals surface area contributed by atoms with Gasteiger partial charge in [0.1, 0.15) is 5.25 Å². The standard InChI is InChI=1S/C23H25N3O4S2/c27-21(24-17-10-4-1-5-11-17)16-20-22(28)26(18-12-6-2-7-13-18)23(31-20)25-32(29,30)19-14-8-3-9-15-19/h1,3-5,8-11,14-15,18,20H,2,6-7,12-13,16H2,(H,24,27)/t20-/m1/s1. The number of anilines is 1. The van der Waals surface area contributed by atoms with E-state index in [0.29, 0.717) is 5.69 Å². The Labute approximate surface area is 192 Å². The van der Waals surface area contributed by atoms with Crippen LogP contribution in [-0.4, -0.2) is 41.6 Å². The molecule has 1 heterocycles. The van der Waals surface area contributed by atoms with Crippen LogP contribution in [-0.2, 0) is 19.6 Å². The van der Waals surface area contributed by atoms with E-state index in [2.05, 4.69) is 9.71 Å². The lowest BCUT2D eigenvalue weighted by molar-refractivity contribution is -0.130. The maximum absolute atomic E-state index is 13.3. The quantitative estimate of drug-likeness (QED) is 0.686.